The van der Waals surface area contributed by atoms with Gasteiger partial charge in [0.2, 0.25) is 0 Å². The van der Waals surface area contributed by atoms with Gasteiger partial charge in [-0.2, -0.15) is 0 Å². The Hall–Kier alpha value is -2.18. The van der Waals surface area contributed by atoms with Gasteiger partial charge in [0.1, 0.15) is 6.33 Å². The Morgan fingerprint density at radius 2 is 1.80 bits per heavy atom. The predicted molar refractivity (Wildman–Crippen MR) is 78.7 cm³/mol. The van der Waals surface area contributed by atoms with E-state index in [4.69, 9.17) is 0 Å². The summed E-state index contributed by atoms with van der Waals surface area (Å²) >= 11 is 0. The molecule has 1 heterocycles. The molecule has 0 aliphatic carbocycles. The Morgan fingerprint density at radius 1 is 1.15 bits per heavy atom. The number of benzene rings is 1. The van der Waals surface area contributed by atoms with Crippen LogP contribution >= 0.6 is 0 Å². The van der Waals surface area contributed by atoms with Gasteiger partial charge in [-0.15, -0.1) is 0 Å². The minimum atomic E-state index is -1.21. The second kappa shape index (κ2) is 6.31. The molecule has 1 aromatic heterocycles. The maximum absolute atomic E-state index is 10.8. The molecule has 1 atom stereocenters. The molecule has 2 rings (SSSR count). The summed E-state index contributed by atoms with van der Waals surface area (Å²) in [5, 5.41) is 10.8. The molecular weight excluding hydrogens is 248 g/mol. The molecule has 0 saturated heterocycles. The van der Waals surface area contributed by atoms with E-state index in [2.05, 4.69) is 21.8 Å². The van der Waals surface area contributed by atoms with Crippen molar-refractivity contribution in [1.29, 1.82) is 0 Å². The number of rotatable bonds is 3. The Labute approximate surface area is 119 Å². The van der Waals surface area contributed by atoms with Crippen molar-refractivity contribution in [3.05, 3.63) is 60.2 Å². The summed E-state index contributed by atoms with van der Waals surface area (Å²) < 4.78 is 0. The van der Waals surface area contributed by atoms with E-state index in [0.717, 1.165) is 5.56 Å². The highest BCUT2D eigenvalue weighted by Gasteiger charge is 2.31. The van der Waals surface area contributed by atoms with Crippen LogP contribution in [0.2, 0.25) is 0 Å². The molecule has 102 valence electrons. The second-order valence-corrected chi connectivity index (χ2v) is 5.01. The Kier molecular flexibility index (Phi) is 4.49. The molecule has 1 N–H and O–H groups in total. The first-order chi connectivity index (χ1) is 9.63. The standard InChI is InChI=1S/C17H18N2O/c1-14(2)17(20,16-11-18-13-19-12-16)10-6-9-15-7-4-3-5-8-15/h3-5,7-8,11-14,20H,9H2,1-2H3. The monoisotopic (exact) mass is 266 g/mol. The Bertz CT molecular complexity index is 599. The van der Waals surface area contributed by atoms with Crippen LogP contribution in [-0.2, 0) is 12.0 Å². The van der Waals surface area contributed by atoms with Crippen molar-refractivity contribution < 1.29 is 5.11 Å². The van der Waals surface area contributed by atoms with Crippen LogP contribution in [0, 0.1) is 17.8 Å². The van der Waals surface area contributed by atoms with Gasteiger partial charge in [-0.1, -0.05) is 56.0 Å². The maximum Gasteiger partial charge on any atom is 0.156 e. The molecular formula is C17H18N2O. The third-order valence-electron chi connectivity index (χ3n) is 3.25. The van der Waals surface area contributed by atoms with Gasteiger partial charge in [0, 0.05) is 24.4 Å². The van der Waals surface area contributed by atoms with Gasteiger partial charge in [0.25, 0.3) is 0 Å². The van der Waals surface area contributed by atoms with Crippen LogP contribution in [0.3, 0.4) is 0 Å². The molecule has 1 unspecified atom stereocenters. The SMILES string of the molecule is CC(C)C(O)(C#CCc1ccccc1)c1cncnc1. The molecule has 0 saturated carbocycles. The van der Waals surface area contributed by atoms with Crippen molar-refractivity contribution in [1.82, 2.24) is 9.97 Å². The first kappa shape index (κ1) is 14.2. The molecule has 0 spiro atoms. The number of nitrogens with zero attached hydrogens (tertiary/aromatic N) is 2. The maximum atomic E-state index is 10.8. The summed E-state index contributed by atoms with van der Waals surface area (Å²) in [5.74, 6) is 6.01. The van der Waals surface area contributed by atoms with Crippen LogP contribution in [0.4, 0.5) is 0 Å². The van der Waals surface area contributed by atoms with Gasteiger partial charge >= 0.3 is 0 Å². The van der Waals surface area contributed by atoms with E-state index in [-0.39, 0.29) is 5.92 Å². The molecule has 0 radical (unpaired) electrons. The van der Waals surface area contributed by atoms with Gasteiger partial charge in [-0.25, -0.2) is 9.97 Å². The Balaban J connectivity index is 2.23. The first-order valence-electron chi connectivity index (χ1n) is 6.64. The highest BCUT2D eigenvalue weighted by atomic mass is 16.3. The van der Waals surface area contributed by atoms with Gasteiger partial charge in [0.05, 0.1) is 0 Å². The summed E-state index contributed by atoms with van der Waals surface area (Å²) in [6.45, 7) is 3.87. The van der Waals surface area contributed by atoms with Gasteiger partial charge in [-0.3, -0.25) is 0 Å². The molecule has 0 fully saturated rings. The van der Waals surface area contributed by atoms with Gasteiger partial charge in [-0.05, 0) is 11.5 Å². The largest absolute Gasteiger partial charge is 0.373 e. The molecule has 0 bridgehead atoms. The van der Waals surface area contributed by atoms with E-state index in [1.165, 1.54) is 6.33 Å². The zero-order valence-corrected chi connectivity index (χ0v) is 11.7. The average Bonchev–Trinajstić information content (AvgIpc) is 2.49. The summed E-state index contributed by atoms with van der Waals surface area (Å²) in [6, 6.07) is 9.99. The number of hydrogen-bond donors (Lipinski definition) is 1. The number of hydrogen-bond acceptors (Lipinski definition) is 3. The Morgan fingerprint density at radius 3 is 2.40 bits per heavy atom. The van der Waals surface area contributed by atoms with Crippen molar-refractivity contribution in [2.75, 3.05) is 0 Å². The highest BCUT2D eigenvalue weighted by Crippen LogP contribution is 2.27. The summed E-state index contributed by atoms with van der Waals surface area (Å²) in [5.41, 5.74) is 0.557. The topological polar surface area (TPSA) is 46.0 Å². The van der Waals surface area contributed by atoms with Crippen molar-refractivity contribution in [2.24, 2.45) is 5.92 Å². The predicted octanol–water partition coefficient (Wildman–Crippen LogP) is 2.57. The lowest BCUT2D eigenvalue weighted by Crippen LogP contribution is -2.30. The zero-order chi connectivity index (χ0) is 14.4. The van der Waals surface area contributed by atoms with E-state index >= 15 is 0 Å². The lowest BCUT2D eigenvalue weighted by molar-refractivity contribution is 0.0495. The third-order valence-corrected chi connectivity index (χ3v) is 3.25. The lowest BCUT2D eigenvalue weighted by Gasteiger charge is -2.26. The molecule has 3 heteroatoms. The van der Waals surface area contributed by atoms with Crippen molar-refractivity contribution in [3.63, 3.8) is 0 Å². The molecule has 0 aliphatic heterocycles. The van der Waals surface area contributed by atoms with Crippen molar-refractivity contribution >= 4 is 0 Å². The van der Waals surface area contributed by atoms with E-state index < -0.39 is 5.60 Å². The third kappa shape index (κ3) is 3.23. The summed E-state index contributed by atoms with van der Waals surface area (Å²) in [7, 11) is 0. The fourth-order valence-electron chi connectivity index (χ4n) is 1.92. The van der Waals surface area contributed by atoms with Gasteiger partial charge in [0.15, 0.2) is 5.60 Å². The smallest absolute Gasteiger partial charge is 0.156 e. The number of aromatic nitrogens is 2. The molecule has 2 aromatic rings. The van der Waals surface area contributed by atoms with Crippen LogP contribution in [0.15, 0.2) is 49.1 Å². The van der Waals surface area contributed by atoms with Crippen LogP contribution in [0.5, 0.6) is 0 Å². The molecule has 0 aliphatic rings. The van der Waals surface area contributed by atoms with Crippen LogP contribution < -0.4 is 0 Å². The quantitative estimate of drug-likeness (QED) is 0.868. The molecule has 20 heavy (non-hydrogen) atoms. The van der Waals surface area contributed by atoms with E-state index in [1.54, 1.807) is 12.4 Å². The van der Waals surface area contributed by atoms with Gasteiger partial charge < -0.3 is 5.11 Å². The molecule has 1 aromatic carbocycles. The minimum Gasteiger partial charge on any atom is -0.373 e. The fourth-order valence-corrected chi connectivity index (χ4v) is 1.92. The van der Waals surface area contributed by atoms with Crippen LogP contribution in [0.1, 0.15) is 25.0 Å². The highest BCUT2D eigenvalue weighted by molar-refractivity contribution is 5.31. The lowest BCUT2D eigenvalue weighted by atomic mass is 9.85. The molecule has 3 nitrogen and oxygen atoms in total. The van der Waals surface area contributed by atoms with Crippen LogP contribution in [0.25, 0.3) is 0 Å². The summed E-state index contributed by atoms with van der Waals surface area (Å²) in [6.07, 6.45) is 5.29. The first-order valence-corrected chi connectivity index (χ1v) is 6.64. The van der Waals surface area contributed by atoms with Crippen molar-refractivity contribution in [3.8, 4) is 11.8 Å². The normalized spacial score (nSPS) is 13.4. The average molecular weight is 266 g/mol. The van der Waals surface area contributed by atoms with E-state index in [0.29, 0.717) is 12.0 Å². The van der Waals surface area contributed by atoms with Crippen LogP contribution in [-0.4, -0.2) is 15.1 Å². The molecule has 0 amide bonds. The van der Waals surface area contributed by atoms with E-state index in [1.807, 2.05) is 44.2 Å². The fraction of sp³-hybridized carbons (Fsp3) is 0.294. The zero-order valence-electron chi connectivity index (χ0n) is 11.7. The second-order valence-electron chi connectivity index (χ2n) is 5.01. The van der Waals surface area contributed by atoms with E-state index in [9.17, 15) is 5.11 Å². The van der Waals surface area contributed by atoms with Crippen molar-refractivity contribution in [2.45, 2.75) is 25.9 Å². The number of aliphatic hydroxyl groups is 1. The summed E-state index contributed by atoms with van der Waals surface area (Å²) in [4.78, 5) is 7.92. The minimum absolute atomic E-state index is 0.0447.